The molecule has 0 saturated carbocycles. The number of aromatic nitrogens is 2. The summed E-state index contributed by atoms with van der Waals surface area (Å²) < 4.78 is 3.40. The maximum atomic E-state index is 4.14. The first-order valence-electron chi connectivity index (χ1n) is 7.01. The molecule has 2 aromatic rings. The van der Waals surface area contributed by atoms with E-state index in [2.05, 4.69) is 56.7 Å². The van der Waals surface area contributed by atoms with Crippen LogP contribution in [0, 0.1) is 0 Å². The molecule has 1 heterocycles. The molecule has 1 atom stereocenters. The van der Waals surface area contributed by atoms with Gasteiger partial charge in [0.1, 0.15) is 0 Å². The highest BCUT2D eigenvalue weighted by Crippen LogP contribution is 2.30. The van der Waals surface area contributed by atoms with E-state index in [1.54, 1.807) is 0 Å². The third-order valence-electron chi connectivity index (χ3n) is 3.49. The summed E-state index contributed by atoms with van der Waals surface area (Å²) in [7, 11) is 0. The van der Waals surface area contributed by atoms with Gasteiger partial charge in [-0.1, -0.05) is 60.3 Å². The molecule has 0 aliphatic carbocycles. The molecule has 102 valence electrons. The zero-order valence-corrected chi connectivity index (χ0v) is 13.0. The fourth-order valence-electron chi connectivity index (χ4n) is 2.44. The van der Waals surface area contributed by atoms with Crippen LogP contribution in [0.2, 0.25) is 0 Å². The van der Waals surface area contributed by atoms with Crippen LogP contribution in [-0.4, -0.2) is 9.55 Å². The third-order valence-corrected chi connectivity index (χ3v) is 4.21. The average Bonchev–Trinajstić information content (AvgIpc) is 2.91. The van der Waals surface area contributed by atoms with Crippen molar-refractivity contribution >= 4 is 15.9 Å². The molecule has 1 unspecified atom stereocenters. The molecular formula is C16H21BrN2. The van der Waals surface area contributed by atoms with Crippen LogP contribution in [-0.2, 0) is 6.54 Å². The molecule has 0 bridgehead atoms. The van der Waals surface area contributed by atoms with E-state index in [4.69, 9.17) is 0 Å². The Kier molecular flexibility index (Phi) is 5.64. The molecule has 2 nitrogen and oxygen atoms in total. The van der Waals surface area contributed by atoms with Crippen LogP contribution in [0.1, 0.15) is 44.1 Å². The Balaban J connectivity index is 2.11. The predicted molar refractivity (Wildman–Crippen MR) is 83.3 cm³/mol. The van der Waals surface area contributed by atoms with Gasteiger partial charge in [-0.05, 0) is 18.1 Å². The molecule has 19 heavy (non-hydrogen) atoms. The Morgan fingerprint density at radius 2 is 2.11 bits per heavy atom. The number of imidazole rings is 1. The van der Waals surface area contributed by atoms with Crippen molar-refractivity contribution in [2.75, 3.05) is 0 Å². The van der Waals surface area contributed by atoms with Crippen LogP contribution in [0.15, 0.2) is 47.5 Å². The van der Waals surface area contributed by atoms with Crippen LogP contribution in [0.5, 0.6) is 0 Å². The van der Waals surface area contributed by atoms with Crippen molar-refractivity contribution in [3.8, 4) is 0 Å². The zero-order chi connectivity index (χ0) is 13.5. The number of hydrogen-bond acceptors (Lipinski definition) is 1. The van der Waals surface area contributed by atoms with E-state index in [0.717, 1.165) is 6.54 Å². The first-order valence-corrected chi connectivity index (χ1v) is 7.80. The fraction of sp³-hybridized carbons (Fsp3) is 0.438. The molecular weight excluding hydrogens is 300 g/mol. The SMILES string of the molecule is CCCCCC(Cn1ccnc1)c1ccccc1Br. The van der Waals surface area contributed by atoms with Crippen molar-refractivity contribution in [3.05, 3.63) is 53.0 Å². The van der Waals surface area contributed by atoms with Crippen LogP contribution in [0.4, 0.5) is 0 Å². The van der Waals surface area contributed by atoms with E-state index in [1.807, 2.05) is 18.7 Å². The van der Waals surface area contributed by atoms with Gasteiger partial charge >= 0.3 is 0 Å². The Labute approximate surface area is 124 Å². The normalized spacial score (nSPS) is 12.5. The number of nitrogens with zero attached hydrogens (tertiary/aromatic N) is 2. The van der Waals surface area contributed by atoms with Crippen LogP contribution >= 0.6 is 15.9 Å². The maximum absolute atomic E-state index is 4.14. The molecule has 0 aliphatic heterocycles. The van der Waals surface area contributed by atoms with Crippen molar-refractivity contribution < 1.29 is 0 Å². The fourth-order valence-corrected chi connectivity index (χ4v) is 3.05. The number of hydrogen-bond donors (Lipinski definition) is 0. The van der Waals surface area contributed by atoms with E-state index in [1.165, 1.54) is 35.7 Å². The molecule has 0 spiro atoms. The second kappa shape index (κ2) is 7.49. The van der Waals surface area contributed by atoms with Gasteiger partial charge in [-0.15, -0.1) is 0 Å². The summed E-state index contributed by atoms with van der Waals surface area (Å²) in [6, 6.07) is 8.57. The minimum Gasteiger partial charge on any atom is -0.337 e. The predicted octanol–water partition coefficient (Wildman–Crippen LogP) is 5.01. The summed E-state index contributed by atoms with van der Waals surface area (Å²) in [5.74, 6) is 0.552. The summed E-state index contributed by atoms with van der Waals surface area (Å²) in [6.07, 6.45) is 10.9. The summed E-state index contributed by atoms with van der Waals surface area (Å²) in [4.78, 5) is 4.14. The highest BCUT2D eigenvalue weighted by Gasteiger charge is 2.14. The van der Waals surface area contributed by atoms with Crippen molar-refractivity contribution in [2.45, 2.75) is 45.1 Å². The summed E-state index contributed by atoms with van der Waals surface area (Å²) in [6.45, 7) is 3.26. The van der Waals surface area contributed by atoms with Gasteiger partial charge in [-0.2, -0.15) is 0 Å². The lowest BCUT2D eigenvalue weighted by Gasteiger charge is -2.19. The van der Waals surface area contributed by atoms with Gasteiger partial charge in [0.2, 0.25) is 0 Å². The van der Waals surface area contributed by atoms with Gasteiger partial charge in [0.15, 0.2) is 0 Å². The average molecular weight is 321 g/mol. The highest BCUT2D eigenvalue weighted by atomic mass is 79.9. The highest BCUT2D eigenvalue weighted by molar-refractivity contribution is 9.10. The van der Waals surface area contributed by atoms with E-state index >= 15 is 0 Å². The van der Waals surface area contributed by atoms with Crippen molar-refractivity contribution in [3.63, 3.8) is 0 Å². The van der Waals surface area contributed by atoms with E-state index in [9.17, 15) is 0 Å². The summed E-state index contributed by atoms with van der Waals surface area (Å²) in [5, 5.41) is 0. The summed E-state index contributed by atoms with van der Waals surface area (Å²) in [5.41, 5.74) is 1.41. The number of halogens is 1. The topological polar surface area (TPSA) is 17.8 Å². The standard InChI is InChI=1S/C16H21BrN2/c1-2-3-4-7-14(12-19-11-10-18-13-19)15-8-5-6-9-16(15)17/h5-6,8-11,13-14H,2-4,7,12H2,1H3. The monoisotopic (exact) mass is 320 g/mol. The Hall–Kier alpha value is -1.09. The maximum Gasteiger partial charge on any atom is 0.0946 e. The first-order chi connectivity index (χ1) is 9.31. The lowest BCUT2D eigenvalue weighted by molar-refractivity contribution is 0.495. The molecule has 0 fully saturated rings. The quantitative estimate of drug-likeness (QED) is 0.656. The van der Waals surface area contributed by atoms with Crippen LogP contribution in [0.25, 0.3) is 0 Å². The van der Waals surface area contributed by atoms with Crippen molar-refractivity contribution in [1.29, 1.82) is 0 Å². The summed E-state index contributed by atoms with van der Waals surface area (Å²) >= 11 is 3.69. The molecule has 0 saturated heterocycles. The number of rotatable bonds is 7. The second-order valence-electron chi connectivity index (χ2n) is 4.97. The zero-order valence-electron chi connectivity index (χ0n) is 11.4. The van der Waals surface area contributed by atoms with Gasteiger partial charge in [0.05, 0.1) is 6.33 Å². The Bertz CT molecular complexity index is 479. The van der Waals surface area contributed by atoms with E-state index < -0.39 is 0 Å². The van der Waals surface area contributed by atoms with Crippen molar-refractivity contribution in [2.24, 2.45) is 0 Å². The lowest BCUT2D eigenvalue weighted by Crippen LogP contribution is -2.09. The lowest BCUT2D eigenvalue weighted by atomic mass is 9.93. The molecule has 0 amide bonds. The van der Waals surface area contributed by atoms with E-state index in [-0.39, 0.29) is 0 Å². The third kappa shape index (κ3) is 4.20. The molecule has 1 aromatic carbocycles. The van der Waals surface area contributed by atoms with Gasteiger partial charge < -0.3 is 4.57 Å². The van der Waals surface area contributed by atoms with Crippen LogP contribution < -0.4 is 0 Å². The molecule has 0 N–H and O–H groups in total. The van der Waals surface area contributed by atoms with Crippen LogP contribution in [0.3, 0.4) is 0 Å². The van der Waals surface area contributed by atoms with Gasteiger partial charge in [-0.3, -0.25) is 0 Å². The molecule has 0 aliphatic rings. The smallest absolute Gasteiger partial charge is 0.0946 e. The first kappa shape index (κ1) is 14.3. The van der Waals surface area contributed by atoms with Gasteiger partial charge in [0.25, 0.3) is 0 Å². The Morgan fingerprint density at radius 1 is 1.26 bits per heavy atom. The van der Waals surface area contributed by atoms with Gasteiger partial charge in [-0.25, -0.2) is 4.98 Å². The molecule has 1 aromatic heterocycles. The second-order valence-corrected chi connectivity index (χ2v) is 5.83. The van der Waals surface area contributed by atoms with Crippen molar-refractivity contribution in [1.82, 2.24) is 9.55 Å². The number of benzene rings is 1. The molecule has 2 rings (SSSR count). The van der Waals surface area contributed by atoms with E-state index in [0.29, 0.717) is 5.92 Å². The largest absolute Gasteiger partial charge is 0.337 e. The van der Waals surface area contributed by atoms with Gasteiger partial charge in [0, 0.05) is 29.3 Å². The Morgan fingerprint density at radius 3 is 2.79 bits per heavy atom. The minimum atomic E-state index is 0.552. The molecule has 0 radical (unpaired) electrons. The number of unbranched alkanes of at least 4 members (excludes halogenated alkanes) is 2. The minimum absolute atomic E-state index is 0.552. The molecule has 3 heteroatoms.